The maximum absolute atomic E-state index is 11.5. The Morgan fingerprint density at radius 1 is 1.43 bits per heavy atom. The highest BCUT2D eigenvalue weighted by Gasteiger charge is 2.04. The fourth-order valence-corrected chi connectivity index (χ4v) is 1.32. The van der Waals surface area contributed by atoms with E-state index in [-0.39, 0.29) is 5.78 Å². The van der Waals surface area contributed by atoms with Crippen LogP contribution in [0.25, 0.3) is 0 Å². The maximum atomic E-state index is 11.5. The van der Waals surface area contributed by atoms with Crippen LogP contribution < -0.4 is 5.32 Å². The molecule has 2 nitrogen and oxygen atoms in total. The molecule has 0 spiro atoms. The lowest BCUT2D eigenvalue weighted by Gasteiger charge is -1.96. The van der Waals surface area contributed by atoms with Crippen LogP contribution in [-0.4, -0.2) is 18.6 Å². The molecule has 0 aliphatic carbocycles. The van der Waals surface area contributed by atoms with Gasteiger partial charge in [0.05, 0.1) is 6.20 Å². The Balaban J connectivity index is 2.40. The molecule has 0 saturated carbocycles. The van der Waals surface area contributed by atoms with Crippen molar-refractivity contribution in [2.24, 2.45) is 0 Å². The predicted molar refractivity (Wildman–Crippen MR) is 60.2 cm³/mol. The first kappa shape index (κ1) is 11.0. The minimum Gasteiger partial charge on any atom is -0.313 e. The number of carbonyl (C=O) groups excluding carboxylic acids is 1. The number of nitrogens with two attached hydrogens (primary N) is 1. The highest BCUT2D eigenvalue weighted by atomic mass is 32.2. The molecule has 0 aliphatic rings. The molecule has 14 heavy (non-hydrogen) atoms. The van der Waals surface area contributed by atoms with Crippen molar-refractivity contribution in [2.45, 2.75) is 0 Å². The predicted octanol–water partition coefficient (Wildman–Crippen LogP) is 1.27. The number of rotatable bonds is 5. The van der Waals surface area contributed by atoms with Crippen molar-refractivity contribution in [3.05, 3.63) is 47.5 Å². The summed E-state index contributed by atoms with van der Waals surface area (Å²) in [5.41, 5.74) is 0.779. The molecule has 3 heteroatoms. The van der Waals surface area contributed by atoms with Crippen LogP contribution in [0.5, 0.6) is 0 Å². The van der Waals surface area contributed by atoms with Crippen LogP contribution in [0.15, 0.2) is 41.9 Å². The number of quaternary nitrogens is 1. The molecule has 74 valence electrons. The van der Waals surface area contributed by atoms with Gasteiger partial charge in [-0.1, -0.05) is 30.3 Å². The van der Waals surface area contributed by atoms with E-state index in [1.165, 1.54) is 0 Å². The summed E-state index contributed by atoms with van der Waals surface area (Å²) in [6.07, 6.45) is 3.90. The number of hydrogen-bond acceptors (Lipinski definition) is 2. The first-order valence-electron chi connectivity index (χ1n) is 4.44. The Morgan fingerprint density at radius 3 is 2.79 bits per heavy atom. The van der Waals surface area contributed by atoms with Crippen LogP contribution in [0.4, 0.5) is 0 Å². The van der Waals surface area contributed by atoms with Gasteiger partial charge in [0.15, 0.2) is 0 Å². The molecule has 0 heterocycles. The Kier molecular flexibility index (Phi) is 5.04. The fraction of sp³-hybridized carbons (Fsp3) is 0.182. The molecule has 1 rings (SSSR count). The second kappa shape index (κ2) is 6.40. The summed E-state index contributed by atoms with van der Waals surface area (Å²) in [5, 5.41) is 3.84. The van der Waals surface area contributed by atoms with E-state index in [2.05, 4.69) is 0 Å². The summed E-state index contributed by atoms with van der Waals surface area (Å²) in [6, 6.07) is 9.35. The molecule has 2 N–H and O–H groups in total. The van der Waals surface area contributed by atoms with Crippen molar-refractivity contribution >= 4 is 17.5 Å². The van der Waals surface area contributed by atoms with Gasteiger partial charge in [0.1, 0.15) is 6.54 Å². The van der Waals surface area contributed by atoms with Crippen LogP contribution in [0.3, 0.4) is 0 Å². The summed E-state index contributed by atoms with van der Waals surface area (Å²) in [6.45, 7) is 0.473. The average Bonchev–Trinajstić information content (AvgIpc) is 2.25. The van der Waals surface area contributed by atoms with Gasteiger partial charge >= 0.3 is 0 Å². The molecular weight excluding hydrogens is 194 g/mol. The smallest absolute Gasteiger partial charge is 0.217 e. The zero-order chi connectivity index (χ0) is 10.2. The van der Waals surface area contributed by atoms with Crippen molar-refractivity contribution in [3.63, 3.8) is 0 Å². The standard InChI is InChI=1S/C11H13NOS/c1-14-8-7-12-9-11(13)10-5-3-2-4-6-10/h2-8,12H,9H2,1H3/p+1/b8-7-. The largest absolute Gasteiger partial charge is 0.313 e. The maximum Gasteiger partial charge on any atom is 0.217 e. The molecule has 0 aliphatic heterocycles. The van der Waals surface area contributed by atoms with Crippen molar-refractivity contribution in [3.8, 4) is 0 Å². The zero-order valence-corrected chi connectivity index (χ0v) is 8.96. The van der Waals surface area contributed by atoms with Crippen molar-refractivity contribution in [1.82, 2.24) is 0 Å². The SMILES string of the molecule is CS/C=C\[NH2+]CC(=O)c1ccccc1. The summed E-state index contributed by atoms with van der Waals surface area (Å²) < 4.78 is 0. The van der Waals surface area contributed by atoms with E-state index in [1.54, 1.807) is 11.8 Å². The van der Waals surface area contributed by atoms with Crippen LogP contribution in [-0.2, 0) is 0 Å². The Morgan fingerprint density at radius 2 is 2.14 bits per heavy atom. The minimum atomic E-state index is 0.163. The lowest BCUT2D eigenvalue weighted by Crippen LogP contribution is -2.79. The second-order valence-corrected chi connectivity index (χ2v) is 3.54. The van der Waals surface area contributed by atoms with Crippen molar-refractivity contribution < 1.29 is 10.1 Å². The van der Waals surface area contributed by atoms with Gasteiger partial charge in [0.25, 0.3) is 0 Å². The minimum absolute atomic E-state index is 0.163. The monoisotopic (exact) mass is 208 g/mol. The van der Waals surface area contributed by atoms with Crippen LogP contribution in [0.2, 0.25) is 0 Å². The van der Waals surface area contributed by atoms with Crippen molar-refractivity contribution in [2.75, 3.05) is 12.8 Å². The number of benzene rings is 1. The van der Waals surface area contributed by atoms with E-state index in [4.69, 9.17) is 0 Å². The third kappa shape index (κ3) is 3.77. The molecule has 0 aromatic heterocycles. The number of carbonyl (C=O) groups is 1. The highest BCUT2D eigenvalue weighted by molar-refractivity contribution is 8.01. The van der Waals surface area contributed by atoms with Gasteiger partial charge in [-0.3, -0.25) is 4.79 Å². The van der Waals surface area contributed by atoms with Crippen molar-refractivity contribution in [1.29, 1.82) is 0 Å². The molecule has 0 saturated heterocycles. The highest BCUT2D eigenvalue weighted by Crippen LogP contribution is 1.97. The van der Waals surface area contributed by atoms with Gasteiger partial charge in [-0.15, -0.1) is 11.8 Å². The lowest BCUT2D eigenvalue weighted by molar-refractivity contribution is -0.573. The van der Waals surface area contributed by atoms with Gasteiger partial charge in [-0.05, 0) is 6.26 Å². The van der Waals surface area contributed by atoms with Crippen LogP contribution in [0, 0.1) is 0 Å². The first-order chi connectivity index (χ1) is 6.84. The molecule has 0 bridgehead atoms. The zero-order valence-electron chi connectivity index (χ0n) is 8.14. The average molecular weight is 208 g/mol. The summed E-state index contributed by atoms with van der Waals surface area (Å²) in [4.78, 5) is 11.5. The van der Waals surface area contributed by atoms with Crippen LogP contribution >= 0.6 is 11.8 Å². The molecule has 1 aromatic rings. The third-order valence-electron chi connectivity index (χ3n) is 1.75. The lowest BCUT2D eigenvalue weighted by atomic mass is 10.1. The van der Waals surface area contributed by atoms with Gasteiger partial charge < -0.3 is 5.32 Å². The summed E-state index contributed by atoms with van der Waals surface area (Å²) in [5.74, 6) is 0.163. The van der Waals surface area contributed by atoms with E-state index in [1.807, 2.05) is 53.5 Å². The molecule has 0 atom stereocenters. The van der Waals surface area contributed by atoms with Gasteiger partial charge in [0.2, 0.25) is 5.78 Å². The molecule has 0 unspecified atom stereocenters. The molecule has 0 amide bonds. The normalized spacial score (nSPS) is 10.6. The Hall–Kier alpha value is -1.06. The molecule has 0 fully saturated rings. The number of Topliss-reactive ketones (excluding diaryl/α,β-unsaturated/α-hetero) is 1. The van der Waals surface area contributed by atoms with E-state index in [9.17, 15) is 4.79 Å². The van der Waals surface area contributed by atoms with Gasteiger partial charge in [-0.2, -0.15) is 0 Å². The molecule has 0 radical (unpaired) electrons. The van der Waals surface area contributed by atoms with E-state index >= 15 is 0 Å². The number of thioether (sulfide) groups is 1. The van der Waals surface area contributed by atoms with E-state index in [0.717, 1.165) is 5.56 Å². The Bertz CT molecular complexity index is 308. The first-order valence-corrected chi connectivity index (χ1v) is 5.73. The quantitative estimate of drug-likeness (QED) is 0.739. The third-order valence-corrected chi connectivity index (χ3v) is 2.18. The topological polar surface area (TPSA) is 33.7 Å². The number of ketones is 1. The van der Waals surface area contributed by atoms with E-state index in [0.29, 0.717) is 6.54 Å². The summed E-state index contributed by atoms with van der Waals surface area (Å²) >= 11 is 1.63. The second-order valence-electron chi connectivity index (χ2n) is 2.79. The number of hydrogen-bond donors (Lipinski definition) is 1. The van der Waals surface area contributed by atoms with Crippen LogP contribution in [0.1, 0.15) is 10.4 Å². The summed E-state index contributed by atoms with van der Waals surface area (Å²) in [7, 11) is 0. The molecule has 1 aromatic carbocycles. The van der Waals surface area contributed by atoms with Gasteiger partial charge in [-0.25, -0.2) is 0 Å². The molecular formula is C11H14NOS+. The van der Waals surface area contributed by atoms with E-state index < -0.39 is 0 Å². The van der Waals surface area contributed by atoms with Gasteiger partial charge in [0, 0.05) is 11.0 Å². The Labute approximate surface area is 88.4 Å². The fourth-order valence-electron chi connectivity index (χ4n) is 1.05.